The Morgan fingerprint density at radius 2 is 2.08 bits per heavy atom. The highest BCUT2D eigenvalue weighted by Crippen LogP contribution is 2.36. The van der Waals surface area contributed by atoms with Gasteiger partial charge in [0.25, 0.3) is 0 Å². The Kier molecular flexibility index (Phi) is 5.25. The molecule has 1 aliphatic rings. The Morgan fingerprint density at radius 1 is 1.31 bits per heavy atom. The molecule has 130 valence electrons. The maximum absolute atomic E-state index is 11.0. The zero-order chi connectivity index (χ0) is 18.5. The van der Waals surface area contributed by atoms with E-state index in [1.807, 2.05) is 42.5 Å². The van der Waals surface area contributed by atoms with Crippen LogP contribution < -0.4 is 4.74 Å². The Bertz CT molecular complexity index is 913. The number of aliphatic carboxylic acids is 1. The van der Waals surface area contributed by atoms with Crippen LogP contribution in [-0.2, 0) is 11.2 Å². The Labute approximate surface area is 153 Å². The third kappa shape index (κ3) is 3.71. The van der Waals surface area contributed by atoms with Crippen molar-refractivity contribution in [3.05, 3.63) is 64.7 Å². The second kappa shape index (κ2) is 7.76. The molecule has 4 nitrogen and oxygen atoms in total. The summed E-state index contributed by atoms with van der Waals surface area (Å²) in [5.74, 6) is 5.28. The van der Waals surface area contributed by atoms with Crippen molar-refractivity contribution in [2.45, 2.75) is 38.2 Å². The lowest BCUT2D eigenvalue weighted by molar-refractivity contribution is -0.137. The number of carboxylic acid groups (broad SMARTS) is 1. The number of fused-ring (bicyclic) bond motifs is 1. The molecule has 1 N–H and O–H groups in total. The van der Waals surface area contributed by atoms with Gasteiger partial charge in [0.05, 0.1) is 24.0 Å². The van der Waals surface area contributed by atoms with Crippen molar-refractivity contribution in [1.29, 1.82) is 5.26 Å². The third-order valence-corrected chi connectivity index (χ3v) is 4.59. The van der Waals surface area contributed by atoms with Crippen molar-refractivity contribution in [2.24, 2.45) is 0 Å². The average Bonchev–Trinajstić information content (AvgIpc) is 3.05. The molecule has 4 heteroatoms. The lowest BCUT2D eigenvalue weighted by atomic mass is 9.96. The summed E-state index contributed by atoms with van der Waals surface area (Å²) < 4.78 is 6.12. The Morgan fingerprint density at radius 3 is 2.73 bits per heavy atom. The fourth-order valence-corrected chi connectivity index (χ4v) is 3.39. The van der Waals surface area contributed by atoms with E-state index >= 15 is 0 Å². The molecule has 3 rings (SSSR count). The number of nitriles is 1. The van der Waals surface area contributed by atoms with Crippen LogP contribution in [0.3, 0.4) is 0 Å². The van der Waals surface area contributed by atoms with Crippen molar-refractivity contribution in [2.75, 3.05) is 0 Å². The normalized spacial score (nSPS) is 15.9. The van der Waals surface area contributed by atoms with E-state index < -0.39 is 5.97 Å². The van der Waals surface area contributed by atoms with Gasteiger partial charge in [-0.15, -0.1) is 5.92 Å². The maximum Gasteiger partial charge on any atom is 0.304 e. The number of nitrogens with zero attached hydrogens (tertiary/aromatic N) is 1. The van der Waals surface area contributed by atoms with Gasteiger partial charge in [-0.25, -0.2) is 0 Å². The zero-order valence-corrected chi connectivity index (χ0v) is 14.5. The minimum Gasteiger partial charge on any atom is -0.486 e. The standard InChI is InChI=1S/C22H19NO3/c1-2-4-16(13-22(24)25)15-7-9-18(10-8-15)26-21-12-11-19-17(14-23)5-3-6-20(19)21/h3,5-10,16,21H,11-13H2,1H3,(H,24,25). The van der Waals surface area contributed by atoms with Crippen molar-refractivity contribution in [3.63, 3.8) is 0 Å². The van der Waals surface area contributed by atoms with Crippen LogP contribution in [0.25, 0.3) is 0 Å². The van der Waals surface area contributed by atoms with E-state index in [9.17, 15) is 10.1 Å². The SMILES string of the molecule is CC#CC(CC(=O)O)c1ccc(OC2CCc3c(C#N)cccc32)cc1. The molecule has 0 saturated heterocycles. The molecule has 0 radical (unpaired) electrons. The fraction of sp³-hybridized carbons (Fsp3) is 0.273. The molecule has 0 fully saturated rings. The van der Waals surface area contributed by atoms with E-state index in [0.717, 1.165) is 40.8 Å². The van der Waals surface area contributed by atoms with Crippen LogP contribution in [0.5, 0.6) is 5.75 Å². The molecule has 0 aromatic heterocycles. The minimum atomic E-state index is -0.867. The van der Waals surface area contributed by atoms with Crippen molar-refractivity contribution < 1.29 is 14.6 Å². The van der Waals surface area contributed by atoms with Crippen LogP contribution in [0.2, 0.25) is 0 Å². The molecule has 2 aromatic carbocycles. The van der Waals surface area contributed by atoms with Gasteiger partial charge in [0.15, 0.2) is 0 Å². The van der Waals surface area contributed by atoms with Gasteiger partial charge < -0.3 is 9.84 Å². The van der Waals surface area contributed by atoms with Gasteiger partial charge >= 0.3 is 5.97 Å². The van der Waals surface area contributed by atoms with E-state index in [-0.39, 0.29) is 18.4 Å². The van der Waals surface area contributed by atoms with E-state index in [0.29, 0.717) is 0 Å². The molecule has 1 aliphatic carbocycles. The topological polar surface area (TPSA) is 70.3 Å². The van der Waals surface area contributed by atoms with Crippen LogP contribution in [0.4, 0.5) is 0 Å². The summed E-state index contributed by atoms with van der Waals surface area (Å²) in [6.07, 6.45) is 1.61. The Hall–Kier alpha value is -3.24. The number of hydrogen-bond acceptors (Lipinski definition) is 3. The highest BCUT2D eigenvalue weighted by atomic mass is 16.5. The number of hydrogen-bond donors (Lipinski definition) is 1. The van der Waals surface area contributed by atoms with Crippen LogP contribution >= 0.6 is 0 Å². The summed E-state index contributed by atoms with van der Waals surface area (Å²) in [6.45, 7) is 1.71. The quantitative estimate of drug-likeness (QED) is 0.824. The van der Waals surface area contributed by atoms with E-state index in [1.54, 1.807) is 6.92 Å². The average molecular weight is 345 g/mol. The molecule has 26 heavy (non-hydrogen) atoms. The smallest absolute Gasteiger partial charge is 0.304 e. The first-order chi connectivity index (χ1) is 12.6. The lowest BCUT2D eigenvalue weighted by Gasteiger charge is -2.16. The Balaban J connectivity index is 1.76. The lowest BCUT2D eigenvalue weighted by Crippen LogP contribution is -2.06. The molecule has 2 unspecified atom stereocenters. The molecule has 2 atom stereocenters. The van der Waals surface area contributed by atoms with Crippen molar-refractivity contribution >= 4 is 5.97 Å². The van der Waals surface area contributed by atoms with Gasteiger partial charge in [0, 0.05) is 0 Å². The molecule has 2 aromatic rings. The number of rotatable bonds is 5. The highest BCUT2D eigenvalue weighted by Gasteiger charge is 2.26. The maximum atomic E-state index is 11.0. The summed E-state index contributed by atoms with van der Waals surface area (Å²) in [5, 5.41) is 18.3. The third-order valence-electron chi connectivity index (χ3n) is 4.59. The summed E-state index contributed by atoms with van der Waals surface area (Å²) in [6, 6.07) is 15.4. The van der Waals surface area contributed by atoms with Gasteiger partial charge in [0.1, 0.15) is 11.9 Å². The van der Waals surface area contributed by atoms with Gasteiger partial charge in [-0.1, -0.05) is 30.2 Å². The van der Waals surface area contributed by atoms with E-state index in [2.05, 4.69) is 17.9 Å². The second-order valence-electron chi connectivity index (χ2n) is 6.24. The van der Waals surface area contributed by atoms with Gasteiger partial charge in [0.2, 0.25) is 0 Å². The number of carboxylic acids is 1. The first kappa shape index (κ1) is 17.6. The highest BCUT2D eigenvalue weighted by molar-refractivity contribution is 5.69. The van der Waals surface area contributed by atoms with E-state index in [4.69, 9.17) is 9.84 Å². The monoisotopic (exact) mass is 345 g/mol. The molecule has 0 amide bonds. The van der Waals surface area contributed by atoms with Crippen LogP contribution in [0.15, 0.2) is 42.5 Å². The first-order valence-corrected chi connectivity index (χ1v) is 8.55. The summed E-state index contributed by atoms with van der Waals surface area (Å²) in [5.41, 5.74) is 3.75. The predicted molar refractivity (Wildman–Crippen MR) is 97.7 cm³/mol. The molecule has 0 heterocycles. The molecule has 0 bridgehead atoms. The van der Waals surface area contributed by atoms with Crippen LogP contribution in [0, 0.1) is 23.2 Å². The zero-order valence-electron chi connectivity index (χ0n) is 14.5. The van der Waals surface area contributed by atoms with Crippen LogP contribution in [-0.4, -0.2) is 11.1 Å². The minimum absolute atomic E-state index is 0.0199. The molecule has 0 saturated carbocycles. The second-order valence-corrected chi connectivity index (χ2v) is 6.24. The first-order valence-electron chi connectivity index (χ1n) is 8.55. The summed E-state index contributed by atoms with van der Waals surface area (Å²) in [4.78, 5) is 11.0. The van der Waals surface area contributed by atoms with Gasteiger partial charge in [-0.05, 0) is 54.7 Å². The summed E-state index contributed by atoms with van der Waals surface area (Å²) in [7, 11) is 0. The molecular weight excluding hydrogens is 326 g/mol. The molecule has 0 aliphatic heterocycles. The number of benzene rings is 2. The number of ether oxygens (including phenoxy) is 1. The van der Waals surface area contributed by atoms with Gasteiger partial charge in [-0.2, -0.15) is 5.26 Å². The molecular formula is C22H19NO3. The predicted octanol–water partition coefficient (Wildman–Crippen LogP) is 4.21. The molecule has 0 spiro atoms. The van der Waals surface area contributed by atoms with Crippen molar-refractivity contribution in [1.82, 2.24) is 0 Å². The van der Waals surface area contributed by atoms with Gasteiger partial charge in [-0.3, -0.25) is 4.79 Å². The number of carbonyl (C=O) groups is 1. The van der Waals surface area contributed by atoms with E-state index in [1.165, 1.54) is 0 Å². The summed E-state index contributed by atoms with van der Waals surface area (Å²) >= 11 is 0. The van der Waals surface area contributed by atoms with Crippen LogP contribution in [0.1, 0.15) is 54.0 Å². The van der Waals surface area contributed by atoms with Crippen molar-refractivity contribution in [3.8, 4) is 23.7 Å². The fourth-order valence-electron chi connectivity index (χ4n) is 3.39. The largest absolute Gasteiger partial charge is 0.486 e.